The molecule has 0 saturated carbocycles. The number of furan rings is 1. The van der Waals surface area contributed by atoms with Gasteiger partial charge in [0.05, 0.1) is 7.11 Å². The summed E-state index contributed by atoms with van der Waals surface area (Å²) in [6, 6.07) is 7.44. The zero-order chi connectivity index (χ0) is 21.0. The predicted octanol–water partition coefficient (Wildman–Crippen LogP) is 3.66. The van der Waals surface area contributed by atoms with E-state index in [1.807, 2.05) is 26.8 Å². The number of ether oxygens (including phenoxy) is 1. The van der Waals surface area contributed by atoms with Crippen molar-refractivity contribution in [3.8, 4) is 5.75 Å². The first-order chi connectivity index (χ1) is 13.8. The van der Waals surface area contributed by atoms with Gasteiger partial charge < -0.3 is 9.15 Å². The Morgan fingerprint density at radius 3 is 2.52 bits per heavy atom. The van der Waals surface area contributed by atoms with E-state index in [2.05, 4.69) is 15.7 Å². The van der Waals surface area contributed by atoms with Gasteiger partial charge in [0.15, 0.2) is 0 Å². The quantitative estimate of drug-likeness (QED) is 0.706. The molecule has 6 nitrogen and oxygen atoms in total. The molecule has 0 bridgehead atoms. The van der Waals surface area contributed by atoms with Gasteiger partial charge in [-0.15, -0.1) is 0 Å². The van der Waals surface area contributed by atoms with Crippen LogP contribution in [0.25, 0.3) is 0 Å². The molecular weight excluding hydrogens is 388 g/mol. The van der Waals surface area contributed by atoms with Gasteiger partial charge in [-0.2, -0.15) is 0 Å². The molecule has 29 heavy (non-hydrogen) atoms. The number of piperidine rings is 1. The van der Waals surface area contributed by atoms with E-state index in [9.17, 15) is 8.42 Å². The highest BCUT2D eigenvalue weighted by molar-refractivity contribution is 7.89. The molecule has 1 N–H and O–H groups in total. The van der Waals surface area contributed by atoms with E-state index in [-0.39, 0.29) is 4.90 Å². The van der Waals surface area contributed by atoms with Gasteiger partial charge in [-0.05, 0) is 75.9 Å². The lowest BCUT2D eigenvalue weighted by Gasteiger charge is -2.31. The summed E-state index contributed by atoms with van der Waals surface area (Å²) in [4.78, 5) is 2.64. The summed E-state index contributed by atoms with van der Waals surface area (Å²) in [7, 11) is -2.10. The van der Waals surface area contributed by atoms with Crippen molar-refractivity contribution in [3.05, 3.63) is 46.9 Å². The largest absolute Gasteiger partial charge is 0.495 e. The SMILES string of the molecule is CCc1ccc(OC)c(S(=O)(=O)NCC2CCN(Cc3cc(C)oc3C)CC2)c1. The smallest absolute Gasteiger partial charge is 0.244 e. The molecule has 1 fully saturated rings. The van der Waals surface area contributed by atoms with Gasteiger partial charge in [0.2, 0.25) is 10.0 Å². The summed E-state index contributed by atoms with van der Waals surface area (Å²) >= 11 is 0. The average Bonchev–Trinajstić information content (AvgIpc) is 3.03. The number of methoxy groups -OCH3 is 1. The number of benzene rings is 1. The van der Waals surface area contributed by atoms with E-state index < -0.39 is 10.0 Å². The number of nitrogens with zero attached hydrogens (tertiary/aromatic N) is 1. The Labute approximate surface area is 174 Å². The van der Waals surface area contributed by atoms with E-state index in [4.69, 9.17) is 9.15 Å². The third kappa shape index (κ3) is 5.41. The van der Waals surface area contributed by atoms with Crippen LogP contribution in [0.4, 0.5) is 0 Å². The summed E-state index contributed by atoms with van der Waals surface area (Å²) in [6.45, 7) is 9.26. The second-order valence-corrected chi connectivity index (χ2v) is 9.58. The summed E-state index contributed by atoms with van der Waals surface area (Å²) in [6.07, 6.45) is 2.73. The predicted molar refractivity (Wildman–Crippen MR) is 114 cm³/mol. The van der Waals surface area contributed by atoms with Crippen molar-refractivity contribution in [2.45, 2.75) is 51.5 Å². The van der Waals surface area contributed by atoms with E-state index in [0.717, 1.165) is 56.0 Å². The minimum absolute atomic E-state index is 0.225. The van der Waals surface area contributed by atoms with E-state index in [1.165, 1.54) is 12.7 Å². The van der Waals surface area contributed by atoms with Crippen molar-refractivity contribution in [1.82, 2.24) is 9.62 Å². The van der Waals surface area contributed by atoms with Crippen LogP contribution in [0.2, 0.25) is 0 Å². The Kier molecular flexibility index (Phi) is 7.03. The molecule has 160 valence electrons. The van der Waals surface area contributed by atoms with E-state index in [1.54, 1.807) is 12.1 Å². The maximum atomic E-state index is 12.9. The number of hydrogen-bond donors (Lipinski definition) is 1. The maximum absolute atomic E-state index is 12.9. The van der Waals surface area contributed by atoms with Crippen LogP contribution in [0.1, 0.15) is 42.4 Å². The van der Waals surface area contributed by atoms with Crippen molar-refractivity contribution in [1.29, 1.82) is 0 Å². The molecule has 2 aromatic rings. The van der Waals surface area contributed by atoms with E-state index in [0.29, 0.717) is 18.2 Å². The van der Waals surface area contributed by atoms with Gasteiger partial charge >= 0.3 is 0 Å². The topological polar surface area (TPSA) is 71.8 Å². The third-order valence-corrected chi connectivity index (χ3v) is 7.18. The number of aryl methyl sites for hydroxylation is 3. The van der Waals surface area contributed by atoms with Crippen LogP contribution in [0.15, 0.2) is 33.6 Å². The Bertz CT molecular complexity index is 928. The molecule has 0 radical (unpaired) electrons. The van der Waals surface area contributed by atoms with Crippen LogP contribution >= 0.6 is 0 Å². The molecular formula is C22H32N2O4S. The van der Waals surface area contributed by atoms with Crippen molar-refractivity contribution in [3.63, 3.8) is 0 Å². The highest BCUT2D eigenvalue weighted by Gasteiger charge is 2.24. The first-order valence-corrected chi connectivity index (χ1v) is 11.8. The molecule has 0 amide bonds. The number of hydrogen-bond acceptors (Lipinski definition) is 5. The van der Waals surface area contributed by atoms with Crippen molar-refractivity contribution in [2.24, 2.45) is 5.92 Å². The van der Waals surface area contributed by atoms with Crippen LogP contribution in [0.3, 0.4) is 0 Å². The fourth-order valence-corrected chi connectivity index (χ4v) is 5.22. The lowest BCUT2D eigenvalue weighted by molar-refractivity contribution is 0.178. The molecule has 0 unspecified atom stereocenters. The maximum Gasteiger partial charge on any atom is 0.244 e. The van der Waals surface area contributed by atoms with Crippen LogP contribution < -0.4 is 9.46 Å². The Morgan fingerprint density at radius 1 is 1.21 bits per heavy atom. The number of rotatable bonds is 8. The average molecular weight is 421 g/mol. The highest BCUT2D eigenvalue weighted by Crippen LogP contribution is 2.26. The third-order valence-electron chi connectivity index (χ3n) is 5.73. The highest BCUT2D eigenvalue weighted by atomic mass is 32.2. The summed E-state index contributed by atoms with van der Waals surface area (Å²) < 4.78 is 39.4. The van der Waals surface area contributed by atoms with Crippen molar-refractivity contribution >= 4 is 10.0 Å². The fourth-order valence-electron chi connectivity index (χ4n) is 3.89. The molecule has 7 heteroatoms. The van der Waals surface area contributed by atoms with Gasteiger partial charge in [-0.1, -0.05) is 13.0 Å². The van der Waals surface area contributed by atoms with E-state index >= 15 is 0 Å². The molecule has 0 aliphatic carbocycles. The molecule has 3 rings (SSSR count). The monoisotopic (exact) mass is 420 g/mol. The second-order valence-electron chi connectivity index (χ2n) is 7.85. The first-order valence-electron chi connectivity index (χ1n) is 10.3. The van der Waals surface area contributed by atoms with Gasteiger partial charge in [0.25, 0.3) is 0 Å². The number of nitrogens with one attached hydrogen (secondary N) is 1. The molecule has 1 aromatic heterocycles. The minimum Gasteiger partial charge on any atom is -0.495 e. The van der Waals surface area contributed by atoms with Crippen molar-refractivity contribution in [2.75, 3.05) is 26.7 Å². The Balaban J connectivity index is 1.55. The van der Waals surface area contributed by atoms with Crippen molar-refractivity contribution < 1.29 is 17.6 Å². The van der Waals surface area contributed by atoms with Crippen LogP contribution in [-0.2, 0) is 23.0 Å². The molecule has 0 atom stereocenters. The lowest BCUT2D eigenvalue weighted by Crippen LogP contribution is -2.38. The minimum atomic E-state index is -3.60. The molecule has 0 spiro atoms. The zero-order valence-electron chi connectivity index (χ0n) is 17.8. The van der Waals surface area contributed by atoms with Gasteiger partial charge in [-0.3, -0.25) is 4.90 Å². The Morgan fingerprint density at radius 2 is 1.93 bits per heavy atom. The van der Waals surface area contributed by atoms with Crippen LogP contribution in [-0.4, -0.2) is 40.1 Å². The zero-order valence-corrected chi connectivity index (χ0v) is 18.6. The number of likely N-dealkylation sites (tertiary alicyclic amines) is 1. The number of sulfonamides is 1. The summed E-state index contributed by atoms with van der Waals surface area (Å²) in [5, 5.41) is 0. The fraction of sp³-hybridized carbons (Fsp3) is 0.545. The lowest BCUT2D eigenvalue weighted by atomic mass is 9.97. The molecule has 1 saturated heterocycles. The normalized spacial score (nSPS) is 16.3. The second kappa shape index (κ2) is 9.32. The van der Waals surface area contributed by atoms with Crippen LogP contribution in [0.5, 0.6) is 5.75 Å². The molecule has 1 aliphatic rings. The van der Waals surface area contributed by atoms with Gasteiger partial charge in [-0.25, -0.2) is 13.1 Å². The Hall–Kier alpha value is -1.83. The van der Waals surface area contributed by atoms with Gasteiger partial charge in [0.1, 0.15) is 22.2 Å². The summed E-state index contributed by atoms with van der Waals surface area (Å²) in [5.41, 5.74) is 2.22. The van der Waals surface area contributed by atoms with Crippen LogP contribution in [0, 0.1) is 19.8 Å². The molecule has 1 aliphatic heterocycles. The molecule has 1 aromatic carbocycles. The molecule has 2 heterocycles. The van der Waals surface area contributed by atoms with Gasteiger partial charge in [0, 0.05) is 18.7 Å². The standard InChI is InChI=1S/C22H32N2O4S/c1-5-18-6-7-21(27-4)22(13-18)29(25,26)23-14-19-8-10-24(11-9-19)15-20-12-16(2)28-17(20)3/h6-7,12-13,19,23H,5,8-11,14-15H2,1-4H3. The summed E-state index contributed by atoms with van der Waals surface area (Å²) in [5.74, 6) is 2.66. The first kappa shape index (κ1) is 21.9.